The van der Waals surface area contributed by atoms with E-state index in [4.69, 9.17) is 4.42 Å². The molecule has 14 heavy (non-hydrogen) atoms. The van der Waals surface area contributed by atoms with Crippen molar-refractivity contribution < 1.29 is 9.21 Å². The molecule has 0 saturated heterocycles. The molecule has 0 aliphatic rings. The second-order valence-corrected chi connectivity index (χ2v) is 3.03. The molecule has 0 aliphatic heterocycles. The molecule has 0 saturated carbocycles. The minimum absolute atomic E-state index is 0.0601. The van der Waals surface area contributed by atoms with Crippen molar-refractivity contribution in [3.8, 4) is 0 Å². The van der Waals surface area contributed by atoms with Gasteiger partial charge in [-0.15, -0.1) is 0 Å². The maximum absolute atomic E-state index is 11.2. The van der Waals surface area contributed by atoms with Crippen LogP contribution in [0.15, 0.2) is 41.2 Å². The van der Waals surface area contributed by atoms with Gasteiger partial charge in [0.1, 0.15) is 5.76 Å². The monoisotopic (exact) mass is 191 g/mol. The highest BCUT2D eigenvalue weighted by atomic mass is 16.3. The molecule has 0 unspecified atom stereocenters. The van der Waals surface area contributed by atoms with E-state index in [-0.39, 0.29) is 5.78 Å². The molecule has 1 heterocycles. The Morgan fingerprint density at radius 2 is 2.21 bits per heavy atom. The van der Waals surface area contributed by atoms with E-state index in [1.807, 2.05) is 14.1 Å². The third kappa shape index (κ3) is 3.76. The molecule has 0 aromatic carbocycles. The standard InChI is InChI=1S/C11H13NO2/c1-12(2)8-7-10(13)5-6-11-4-3-9-14-11/h3-9H,1-2H3/b6-5+,8-7+. The van der Waals surface area contributed by atoms with Crippen molar-refractivity contribution in [3.63, 3.8) is 0 Å². The number of carbonyl (C=O) groups excluding carboxylic acids is 1. The molecule has 0 aliphatic carbocycles. The Kier molecular flexibility index (Phi) is 3.73. The van der Waals surface area contributed by atoms with Crippen molar-refractivity contribution in [1.29, 1.82) is 0 Å². The van der Waals surface area contributed by atoms with Crippen LogP contribution in [0.2, 0.25) is 0 Å². The van der Waals surface area contributed by atoms with Crippen LogP contribution in [-0.2, 0) is 4.79 Å². The number of nitrogens with zero attached hydrogens (tertiary/aromatic N) is 1. The lowest BCUT2D eigenvalue weighted by atomic mass is 10.3. The van der Waals surface area contributed by atoms with Crippen LogP contribution in [0.1, 0.15) is 5.76 Å². The molecular weight excluding hydrogens is 178 g/mol. The van der Waals surface area contributed by atoms with Crippen LogP contribution >= 0.6 is 0 Å². The summed E-state index contributed by atoms with van der Waals surface area (Å²) in [5, 5.41) is 0. The third-order valence-electron chi connectivity index (χ3n) is 1.49. The SMILES string of the molecule is CN(C)/C=C/C(=O)/C=C/c1ccco1. The number of furan rings is 1. The first-order chi connectivity index (χ1) is 6.68. The lowest BCUT2D eigenvalue weighted by molar-refractivity contribution is -0.110. The fourth-order valence-corrected chi connectivity index (χ4v) is 0.828. The van der Waals surface area contributed by atoms with Crippen LogP contribution in [0.25, 0.3) is 6.08 Å². The van der Waals surface area contributed by atoms with Crippen molar-refractivity contribution in [2.24, 2.45) is 0 Å². The number of rotatable bonds is 4. The van der Waals surface area contributed by atoms with Gasteiger partial charge in [-0.3, -0.25) is 4.79 Å². The number of allylic oxidation sites excluding steroid dienone is 2. The van der Waals surface area contributed by atoms with E-state index in [9.17, 15) is 4.79 Å². The first-order valence-electron chi connectivity index (χ1n) is 4.28. The van der Waals surface area contributed by atoms with Crippen LogP contribution in [-0.4, -0.2) is 24.8 Å². The van der Waals surface area contributed by atoms with Gasteiger partial charge in [-0.05, 0) is 24.3 Å². The zero-order valence-electron chi connectivity index (χ0n) is 8.31. The molecule has 3 heteroatoms. The second-order valence-electron chi connectivity index (χ2n) is 3.03. The van der Waals surface area contributed by atoms with Gasteiger partial charge in [0, 0.05) is 26.4 Å². The predicted molar refractivity (Wildman–Crippen MR) is 55.6 cm³/mol. The van der Waals surface area contributed by atoms with Crippen LogP contribution < -0.4 is 0 Å². The van der Waals surface area contributed by atoms with Crippen LogP contribution in [0.5, 0.6) is 0 Å². The summed E-state index contributed by atoms with van der Waals surface area (Å²) in [5.74, 6) is 0.617. The van der Waals surface area contributed by atoms with E-state index in [1.54, 1.807) is 35.6 Å². The fraction of sp³-hybridized carbons (Fsp3) is 0.182. The summed E-state index contributed by atoms with van der Waals surface area (Å²) in [6, 6.07) is 3.57. The summed E-state index contributed by atoms with van der Waals surface area (Å²) < 4.78 is 5.04. The van der Waals surface area contributed by atoms with Gasteiger partial charge >= 0.3 is 0 Å². The summed E-state index contributed by atoms with van der Waals surface area (Å²) in [6.45, 7) is 0. The Bertz CT molecular complexity index is 334. The summed E-state index contributed by atoms with van der Waals surface area (Å²) in [5.41, 5.74) is 0. The average Bonchev–Trinajstić information content (AvgIpc) is 2.63. The highest BCUT2D eigenvalue weighted by molar-refractivity contribution is 6.01. The highest BCUT2D eigenvalue weighted by Gasteiger charge is 1.91. The van der Waals surface area contributed by atoms with Gasteiger partial charge in [0.15, 0.2) is 5.78 Å². The van der Waals surface area contributed by atoms with Crippen molar-refractivity contribution in [2.75, 3.05) is 14.1 Å². The molecule has 3 nitrogen and oxygen atoms in total. The van der Waals surface area contributed by atoms with E-state index in [0.717, 1.165) is 0 Å². The second kappa shape index (κ2) is 5.07. The molecule has 0 radical (unpaired) electrons. The number of ketones is 1. The van der Waals surface area contributed by atoms with Gasteiger partial charge < -0.3 is 9.32 Å². The number of hydrogen-bond donors (Lipinski definition) is 0. The van der Waals surface area contributed by atoms with Gasteiger partial charge in [0.05, 0.1) is 6.26 Å². The normalized spacial score (nSPS) is 11.3. The van der Waals surface area contributed by atoms with Crippen LogP contribution in [0.3, 0.4) is 0 Å². The predicted octanol–water partition coefficient (Wildman–Crippen LogP) is 1.94. The summed E-state index contributed by atoms with van der Waals surface area (Å²) in [4.78, 5) is 13.0. The summed E-state index contributed by atoms with van der Waals surface area (Å²) in [6.07, 6.45) is 7.88. The van der Waals surface area contributed by atoms with Crippen molar-refractivity contribution in [2.45, 2.75) is 0 Å². The molecule has 1 aromatic rings. The fourth-order valence-electron chi connectivity index (χ4n) is 0.828. The molecule has 0 spiro atoms. The van der Waals surface area contributed by atoms with Gasteiger partial charge in [0.25, 0.3) is 0 Å². The zero-order valence-corrected chi connectivity index (χ0v) is 8.31. The molecule has 74 valence electrons. The first kappa shape index (κ1) is 10.3. The minimum Gasteiger partial charge on any atom is -0.465 e. The van der Waals surface area contributed by atoms with Gasteiger partial charge in [-0.25, -0.2) is 0 Å². The Hall–Kier alpha value is -1.77. The third-order valence-corrected chi connectivity index (χ3v) is 1.49. The maximum atomic E-state index is 11.2. The lowest BCUT2D eigenvalue weighted by Crippen LogP contribution is -2.01. The van der Waals surface area contributed by atoms with E-state index >= 15 is 0 Å². The minimum atomic E-state index is -0.0601. The smallest absolute Gasteiger partial charge is 0.180 e. The molecular formula is C11H13NO2. The Labute approximate surface area is 83.3 Å². The van der Waals surface area contributed by atoms with E-state index in [2.05, 4.69) is 0 Å². The lowest BCUT2D eigenvalue weighted by Gasteiger charge is -2.00. The molecule has 0 bridgehead atoms. The topological polar surface area (TPSA) is 33.5 Å². The average molecular weight is 191 g/mol. The molecule has 0 atom stereocenters. The Morgan fingerprint density at radius 3 is 2.79 bits per heavy atom. The van der Waals surface area contributed by atoms with Crippen LogP contribution in [0, 0.1) is 0 Å². The summed E-state index contributed by atoms with van der Waals surface area (Å²) >= 11 is 0. The van der Waals surface area contributed by atoms with E-state index < -0.39 is 0 Å². The van der Waals surface area contributed by atoms with Crippen molar-refractivity contribution >= 4 is 11.9 Å². The summed E-state index contributed by atoms with van der Waals surface area (Å²) in [7, 11) is 3.72. The van der Waals surface area contributed by atoms with E-state index in [1.165, 1.54) is 12.2 Å². The van der Waals surface area contributed by atoms with Crippen molar-refractivity contribution in [3.05, 3.63) is 42.5 Å². The highest BCUT2D eigenvalue weighted by Crippen LogP contribution is 2.02. The Morgan fingerprint density at radius 1 is 1.43 bits per heavy atom. The molecule has 0 fully saturated rings. The Balaban J connectivity index is 2.49. The maximum Gasteiger partial charge on any atom is 0.180 e. The molecule has 1 rings (SSSR count). The van der Waals surface area contributed by atoms with E-state index in [0.29, 0.717) is 5.76 Å². The first-order valence-corrected chi connectivity index (χ1v) is 4.28. The number of carbonyl (C=O) groups is 1. The zero-order chi connectivity index (χ0) is 10.4. The van der Waals surface area contributed by atoms with Gasteiger partial charge in [-0.2, -0.15) is 0 Å². The van der Waals surface area contributed by atoms with Gasteiger partial charge in [-0.1, -0.05) is 0 Å². The van der Waals surface area contributed by atoms with Gasteiger partial charge in [0.2, 0.25) is 0 Å². The van der Waals surface area contributed by atoms with Crippen LogP contribution in [0.4, 0.5) is 0 Å². The molecule has 1 aromatic heterocycles. The quantitative estimate of drug-likeness (QED) is 0.682. The largest absolute Gasteiger partial charge is 0.465 e. The van der Waals surface area contributed by atoms with Crippen molar-refractivity contribution in [1.82, 2.24) is 4.90 Å². The molecule has 0 amide bonds. The number of hydrogen-bond acceptors (Lipinski definition) is 3. The molecule has 0 N–H and O–H groups in total.